The van der Waals surface area contributed by atoms with Gasteiger partial charge in [0.15, 0.2) is 0 Å². The number of ether oxygens (including phenoxy) is 1. The molecule has 33 heavy (non-hydrogen) atoms. The minimum absolute atomic E-state index is 0.00869. The largest absolute Gasteiger partial charge is 0.450 e. The van der Waals surface area contributed by atoms with Crippen LogP contribution >= 0.6 is 0 Å². The third kappa shape index (κ3) is 5.54. The molecule has 1 saturated heterocycles. The lowest BCUT2D eigenvalue weighted by molar-refractivity contribution is -0.131. The number of amides is 2. The Hall–Kier alpha value is -3.76. The van der Waals surface area contributed by atoms with E-state index in [0.717, 1.165) is 5.56 Å². The molecule has 1 fully saturated rings. The van der Waals surface area contributed by atoms with Crippen LogP contribution in [0.1, 0.15) is 19.4 Å². The summed E-state index contributed by atoms with van der Waals surface area (Å²) in [6.07, 6.45) is -0.389. The summed E-state index contributed by atoms with van der Waals surface area (Å²) in [5, 5.41) is 0. The quantitative estimate of drug-likeness (QED) is 0.609. The summed E-state index contributed by atoms with van der Waals surface area (Å²) >= 11 is 0. The minimum atomic E-state index is -0.636. The van der Waals surface area contributed by atoms with Crippen molar-refractivity contribution in [3.05, 3.63) is 56.7 Å². The zero-order chi connectivity index (χ0) is 24.0. The SMILES string of the molecule is CCOC(=O)N1CCN(C(=O)CN(CC)c2c(N)n(Cc3ccccc3)c(=O)[nH]c2=O)CC1. The number of benzene rings is 1. The molecule has 0 atom stereocenters. The number of aromatic nitrogens is 2. The van der Waals surface area contributed by atoms with E-state index < -0.39 is 11.2 Å². The molecule has 1 aliphatic rings. The van der Waals surface area contributed by atoms with Gasteiger partial charge < -0.3 is 25.2 Å². The van der Waals surface area contributed by atoms with Gasteiger partial charge in [-0.1, -0.05) is 30.3 Å². The topological polar surface area (TPSA) is 134 Å². The van der Waals surface area contributed by atoms with Crippen LogP contribution < -0.4 is 21.9 Å². The van der Waals surface area contributed by atoms with Gasteiger partial charge in [-0.25, -0.2) is 9.59 Å². The van der Waals surface area contributed by atoms with Crippen LogP contribution in [0.3, 0.4) is 0 Å². The molecule has 2 heterocycles. The fourth-order valence-corrected chi connectivity index (χ4v) is 3.77. The van der Waals surface area contributed by atoms with Crippen molar-refractivity contribution in [3.8, 4) is 0 Å². The molecule has 1 aromatic carbocycles. The highest BCUT2D eigenvalue weighted by Crippen LogP contribution is 2.18. The molecule has 0 unspecified atom stereocenters. The molecular formula is C22H30N6O5. The molecule has 0 aliphatic carbocycles. The molecule has 3 rings (SSSR count). The van der Waals surface area contributed by atoms with Crippen LogP contribution in [0, 0.1) is 0 Å². The van der Waals surface area contributed by atoms with Gasteiger partial charge >= 0.3 is 11.8 Å². The average Bonchev–Trinajstić information content (AvgIpc) is 2.81. The van der Waals surface area contributed by atoms with Gasteiger partial charge in [0.2, 0.25) is 5.91 Å². The smallest absolute Gasteiger partial charge is 0.409 e. The van der Waals surface area contributed by atoms with Crippen LogP contribution in [0.5, 0.6) is 0 Å². The van der Waals surface area contributed by atoms with Crippen molar-refractivity contribution < 1.29 is 14.3 Å². The molecule has 2 amide bonds. The normalized spacial score (nSPS) is 13.6. The lowest BCUT2D eigenvalue weighted by atomic mass is 10.2. The van der Waals surface area contributed by atoms with E-state index in [-0.39, 0.29) is 36.6 Å². The number of anilines is 2. The number of nitrogens with zero attached hydrogens (tertiary/aromatic N) is 4. The number of hydrogen-bond donors (Lipinski definition) is 2. The predicted molar refractivity (Wildman–Crippen MR) is 124 cm³/mol. The third-order valence-corrected chi connectivity index (χ3v) is 5.58. The molecule has 0 spiro atoms. The monoisotopic (exact) mass is 458 g/mol. The highest BCUT2D eigenvalue weighted by Gasteiger charge is 2.27. The van der Waals surface area contributed by atoms with E-state index in [0.29, 0.717) is 39.3 Å². The molecule has 1 aliphatic heterocycles. The number of H-pyrrole nitrogens is 1. The summed E-state index contributed by atoms with van der Waals surface area (Å²) in [4.78, 5) is 56.9. The maximum Gasteiger partial charge on any atom is 0.409 e. The molecule has 0 radical (unpaired) electrons. The van der Waals surface area contributed by atoms with E-state index in [1.54, 1.807) is 28.5 Å². The number of nitrogens with one attached hydrogen (secondary N) is 1. The maximum atomic E-state index is 12.9. The van der Waals surface area contributed by atoms with Crippen molar-refractivity contribution >= 4 is 23.5 Å². The Morgan fingerprint density at radius 3 is 2.30 bits per heavy atom. The summed E-state index contributed by atoms with van der Waals surface area (Å²) in [6, 6.07) is 9.27. The first-order valence-corrected chi connectivity index (χ1v) is 11.0. The van der Waals surface area contributed by atoms with E-state index >= 15 is 0 Å². The number of likely N-dealkylation sites (N-methyl/N-ethyl adjacent to an activating group) is 1. The van der Waals surface area contributed by atoms with Gasteiger partial charge in [0.25, 0.3) is 5.56 Å². The zero-order valence-electron chi connectivity index (χ0n) is 19.0. The van der Waals surface area contributed by atoms with Crippen LogP contribution in [-0.4, -0.2) is 77.2 Å². The van der Waals surface area contributed by atoms with Crippen LogP contribution in [-0.2, 0) is 16.1 Å². The fourth-order valence-electron chi connectivity index (χ4n) is 3.77. The predicted octanol–water partition coefficient (Wildman–Crippen LogP) is 0.294. The molecule has 11 heteroatoms. The van der Waals surface area contributed by atoms with Crippen LogP contribution in [0.2, 0.25) is 0 Å². The first-order chi connectivity index (χ1) is 15.8. The molecule has 3 N–H and O–H groups in total. The summed E-state index contributed by atoms with van der Waals surface area (Å²) < 4.78 is 6.29. The van der Waals surface area contributed by atoms with E-state index in [9.17, 15) is 19.2 Å². The van der Waals surface area contributed by atoms with E-state index in [1.165, 1.54) is 4.57 Å². The molecule has 2 aromatic rings. The first kappa shape index (κ1) is 23.9. The summed E-state index contributed by atoms with van der Waals surface area (Å²) in [6.45, 7) is 5.79. The van der Waals surface area contributed by atoms with Crippen molar-refractivity contribution in [3.63, 3.8) is 0 Å². The second-order valence-electron chi connectivity index (χ2n) is 7.65. The highest BCUT2D eigenvalue weighted by atomic mass is 16.6. The number of rotatable bonds is 7. The van der Waals surface area contributed by atoms with Gasteiger partial charge in [0.1, 0.15) is 11.5 Å². The molecule has 0 saturated carbocycles. The third-order valence-electron chi connectivity index (χ3n) is 5.58. The Bertz CT molecular complexity index is 1090. The Labute approximate surface area is 191 Å². The number of nitrogen functional groups attached to an aromatic ring is 1. The fraction of sp³-hybridized carbons (Fsp3) is 0.455. The maximum absolute atomic E-state index is 12.9. The Morgan fingerprint density at radius 1 is 1.06 bits per heavy atom. The number of piperazine rings is 1. The Morgan fingerprint density at radius 2 is 1.70 bits per heavy atom. The van der Waals surface area contributed by atoms with E-state index in [2.05, 4.69) is 4.98 Å². The van der Waals surface area contributed by atoms with Crippen LogP contribution in [0.15, 0.2) is 39.9 Å². The van der Waals surface area contributed by atoms with Gasteiger partial charge in [0.05, 0.1) is 19.7 Å². The Balaban J connectivity index is 1.76. The van der Waals surface area contributed by atoms with Gasteiger partial charge in [-0.3, -0.25) is 19.1 Å². The van der Waals surface area contributed by atoms with Crippen molar-refractivity contribution in [2.75, 3.05) is 56.5 Å². The molecule has 178 valence electrons. The lowest BCUT2D eigenvalue weighted by Gasteiger charge is -2.35. The molecular weight excluding hydrogens is 428 g/mol. The number of carbonyl (C=O) groups excluding carboxylic acids is 2. The highest BCUT2D eigenvalue weighted by molar-refractivity contribution is 5.83. The minimum Gasteiger partial charge on any atom is -0.450 e. The number of nitrogens with two attached hydrogens (primary N) is 1. The summed E-state index contributed by atoms with van der Waals surface area (Å²) in [5.74, 6) is -0.186. The standard InChI is InChI=1S/C22H30N6O5/c1-3-25(15-17(29)26-10-12-27(13-11-26)22(32)33-4-2)18-19(23)28(21(31)24-20(18)30)14-16-8-6-5-7-9-16/h5-9H,3-4,10-15,23H2,1-2H3,(H,24,30,31). The van der Waals surface area contributed by atoms with Gasteiger partial charge in [-0.2, -0.15) is 0 Å². The first-order valence-electron chi connectivity index (χ1n) is 11.0. The van der Waals surface area contributed by atoms with Crippen molar-refractivity contribution in [2.24, 2.45) is 0 Å². The van der Waals surface area contributed by atoms with Gasteiger partial charge in [-0.15, -0.1) is 0 Å². The lowest BCUT2D eigenvalue weighted by Crippen LogP contribution is -2.53. The van der Waals surface area contributed by atoms with Crippen LogP contribution in [0.25, 0.3) is 0 Å². The zero-order valence-corrected chi connectivity index (χ0v) is 19.0. The number of aromatic amines is 1. The average molecular weight is 459 g/mol. The van der Waals surface area contributed by atoms with Crippen molar-refractivity contribution in [1.29, 1.82) is 0 Å². The van der Waals surface area contributed by atoms with Crippen molar-refractivity contribution in [2.45, 2.75) is 20.4 Å². The summed E-state index contributed by atoms with van der Waals surface area (Å²) in [7, 11) is 0. The Kier molecular flexibility index (Phi) is 7.75. The second kappa shape index (κ2) is 10.7. The second-order valence-corrected chi connectivity index (χ2v) is 7.65. The summed E-state index contributed by atoms with van der Waals surface area (Å²) in [5.41, 5.74) is 5.96. The van der Waals surface area contributed by atoms with Crippen molar-refractivity contribution in [1.82, 2.24) is 19.4 Å². The van der Waals surface area contributed by atoms with E-state index in [4.69, 9.17) is 10.5 Å². The van der Waals surface area contributed by atoms with Crippen LogP contribution in [0.4, 0.5) is 16.3 Å². The van der Waals surface area contributed by atoms with E-state index in [1.807, 2.05) is 30.3 Å². The molecule has 11 nitrogen and oxygen atoms in total. The number of hydrogen-bond acceptors (Lipinski definition) is 7. The number of carbonyl (C=O) groups is 2. The molecule has 1 aromatic heterocycles. The van der Waals surface area contributed by atoms with Gasteiger partial charge in [0, 0.05) is 32.7 Å². The molecule has 0 bridgehead atoms. The van der Waals surface area contributed by atoms with Gasteiger partial charge in [-0.05, 0) is 19.4 Å².